The highest BCUT2D eigenvalue weighted by Crippen LogP contribution is 2.17. The quantitative estimate of drug-likeness (QED) is 0.865. The Morgan fingerprint density at radius 2 is 2.18 bits per heavy atom. The normalized spacial score (nSPS) is 15.4. The summed E-state index contributed by atoms with van der Waals surface area (Å²) in [7, 11) is 0. The highest BCUT2D eigenvalue weighted by Gasteiger charge is 2.28. The van der Waals surface area contributed by atoms with Gasteiger partial charge < -0.3 is 11.1 Å². The van der Waals surface area contributed by atoms with Crippen LogP contribution in [0.3, 0.4) is 0 Å². The Morgan fingerprint density at radius 3 is 2.65 bits per heavy atom. The lowest BCUT2D eigenvalue weighted by Gasteiger charge is -2.27. The fourth-order valence-electron chi connectivity index (χ4n) is 1.51. The summed E-state index contributed by atoms with van der Waals surface area (Å²) in [5.41, 5.74) is 5.70. The zero-order chi connectivity index (χ0) is 13.1. The summed E-state index contributed by atoms with van der Waals surface area (Å²) in [5.74, 6) is -0.0680. The van der Waals surface area contributed by atoms with Gasteiger partial charge in [-0.2, -0.15) is 0 Å². The third-order valence-electron chi connectivity index (χ3n) is 2.69. The number of amides is 1. The van der Waals surface area contributed by atoms with Gasteiger partial charge in [-0.15, -0.1) is 11.3 Å². The van der Waals surface area contributed by atoms with Crippen molar-refractivity contribution in [2.24, 2.45) is 11.1 Å². The first-order valence-electron chi connectivity index (χ1n) is 5.89. The molecule has 0 saturated heterocycles. The van der Waals surface area contributed by atoms with Crippen LogP contribution in [0.4, 0.5) is 0 Å². The molecule has 0 bridgehead atoms. The molecular formula is C13H22N2OS. The van der Waals surface area contributed by atoms with Crippen LogP contribution in [0.1, 0.15) is 32.6 Å². The number of thiophene rings is 1. The summed E-state index contributed by atoms with van der Waals surface area (Å²) < 4.78 is 0. The summed E-state index contributed by atoms with van der Waals surface area (Å²) in [5, 5.41) is 5.01. The Morgan fingerprint density at radius 1 is 1.53 bits per heavy atom. The third-order valence-corrected chi connectivity index (χ3v) is 3.59. The van der Waals surface area contributed by atoms with E-state index in [4.69, 9.17) is 5.73 Å². The molecule has 1 heterocycles. The number of nitrogens with one attached hydrogen (secondary N) is 1. The number of carbonyl (C=O) groups is 1. The Balaban J connectivity index is 2.46. The Kier molecular flexibility index (Phi) is 4.71. The van der Waals surface area contributed by atoms with E-state index in [-0.39, 0.29) is 17.4 Å². The molecule has 2 atom stereocenters. The monoisotopic (exact) mass is 254 g/mol. The molecule has 0 aliphatic rings. The van der Waals surface area contributed by atoms with E-state index < -0.39 is 6.04 Å². The van der Waals surface area contributed by atoms with Crippen LogP contribution < -0.4 is 11.1 Å². The molecule has 17 heavy (non-hydrogen) atoms. The molecule has 0 aromatic carbocycles. The van der Waals surface area contributed by atoms with E-state index in [1.165, 1.54) is 4.88 Å². The number of hydrogen-bond donors (Lipinski definition) is 2. The maximum Gasteiger partial charge on any atom is 0.237 e. The van der Waals surface area contributed by atoms with Crippen LogP contribution in [0.15, 0.2) is 17.5 Å². The summed E-state index contributed by atoms with van der Waals surface area (Å²) in [6.07, 6.45) is 0.861. The molecule has 0 saturated carbocycles. The molecule has 1 rings (SSSR count). The lowest BCUT2D eigenvalue weighted by Crippen LogP contribution is -2.51. The maximum absolute atomic E-state index is 11.9. The summed E-state index contributed by atoms with van der Waals surface area (Å²) in [6, 6.07) is 3.76. The maximum atomic E-state index is 11.9. The molecule has 1 aromatic heterocycles. The molecule has 96 valence electrons. The van der Waals surface area contributed by atoms with Gasteiger partial charge in [-0.1, -0.05) is 26.8 Å². The molecule has 0 aliphatic carbocycles. The van der Waals surface area contributed by atoms with E-state index in [9.17, 15) is 4.79 Å². The molecule has 4 heteroatoms. The topological polar surface area (TPSA) is 55.1 Å². The van der Waals surface area contributed by atoms with Gasteiger partial charge in [-0.25, -0.2) is 0 Å². The fraction of sp³-hybridized carbons (Fsp3) is 0.615. The second-order valence-corrected chi connectivity index (χ2v) is 6.57. The van der Waals surface area contributed by atoms with Crippen LogP contribution >= 0.6 is 11.3 Å². The van der Waals surface area contributed by atoms with Gasteiger partial charge in [0.15, 0.2) is 0 Å². The smallest absolute Gasteiger partial charge is 0.237 e. The second-order valence-electron chi connectivity index (χ2n) is 5.54. The van der Waals surface area contributed by atoms with Crippen LogP contribution in [0, 0.1) is 5.41 Å². The van der Waals surface area contributed by atoms with Crippen molar-refractivity contribution in [2.75, 3.05) is 0 Å². The van der Waals surface area contributed by atoms with Crippen molar-refractivity contribution in [1.29, 1.82) is 0 Å². The van der Waals surface area contributed by atoms with Gasteiger partial charge in [0.25, 0.3) is 0 Å². The van der Waals surface area contributed by atoms with Crippen molar-refractivity contribution >= 4 is 17.2 Å². The van der Waals surface area contributed by atoms with E-state index in [0.29, 0.717) is 0 Å². The highest BCUT2D eigenvalue weighted by atomic mass is 32.1. The van der Waals surface area contributed by atoms with Crippen LogP contribution in [0.2, 0.25) is 0 Å². The molecule has 3 nitrogen and oxygen atoms in total. The lowest BCUT2D eigenvalue weighted by atomic mass is 9.87. The zero-order valence-electron chi connectivity index (χ0n) is 11.0. The minimum Gasteiger partial charge on any atom is -0.352 e. The van der Waals surface area contributed by atoms with Gasteiger partial charge in [0.2, 0.25) is 5.91 Å². The predicted molar refractivity (Wildman–Crippen MR) is 73.1 cm³/mol. The van der Waals surface area contributed by atoms with Crippen LogP contribution in [0.25, 0.3) is 0 Å². The number of carbonyl (C=O) groups excluding carboxylic acids is 1. The van der Waals surface area contributed by atoms with Gasteiger partial charge in [-0.05, 0) is 23.8 Å². The molecule has 0 spiro atoms. The molecule has 1 aromatic rings. The van der Waals surface area contributed by atoms with Gasteiger partial charge in [-0.3, -0.25) is 4.79 Å². The molecule has 0 radical (unpaired) electrons. The summed E-state index contributed by atoms with van der Waals surface area (Å²) in [4.78, 5) is 13.2. The Labute approximate surface area is 107 Å². The van der Waals surface area contributed by atoms with E-state index in [2.05, 4.69) is 11.4 Å². The Bertz CT molecular complexity index is 354. The Hall–Kier alpha value is -0.870. The predicted octanol–water partition coefficient (Wildman–Crippen LogP) is 2.17. The molecule has 1 amide bonds. The first kappa shape index (κ1) is 14.2. The number of nitrogens with two attached hydrogens (primary N) is 1. The lowest BCUT2D eigenvalue weighted by molar-refractivity contribution is -0.125. The van der Waals surface area contributed by atoms with E-state index in [1.54, 1.807) is 11.3 Å². The van der Waals surface area contributed by atoms with Crippen LogP contribution in [0.5, 0.6) is 0 Å². The zero-order valence-corrected chi connectivity index (χ0v) is 11.8. The van der Waals surface area contributed by atoms with Gasteiger partial charge >= 0.3 is 0 Å². The van der Waals surface area contributed by atoms with Crippen molar-refractivity contribution in [2.45, 2.75) is 46.2 Å². The van der Waals surface area contributed by atoms with E-state index in [0.717, 1.165) is 6.42 Å². The van der Waals surface area contributed by atoms with Crippen molar-refractivity contribution in [3.05, 3.63) is 22.4 Å². The molecular weight excluding hydrogens is 232 g/mol. The second kappa shape index (κ2) is 5.65. The number of hydrogen-bond acceptors (Lipinski definition) is 3. The van der Waals surface area contributed by atoms with Gasteiger partial charge in [0, 0.05) is 17.3 Å². The molecule has 0 aliphatic heterocycles. The first-order valence-corrected chi connectivity index (χ1v) is 6.77. The van der Waals surface area contributed by atoms with Gasteiger partial charge in [0.05, 0.1) is 6.04 Å². The van der Waals surface area contributed by atoms with Crippen molar-refractivity contribution in [1.82, 2.24) is 5.32 Å². The first-order chi connectivity index (χ1) is 7.80. The van der Waals surface area contributed by atoms with E-state index in [1.807, 2.05) is 39.1 Å². The van der Waals surface area contributed by atoms with Crippen LogP contribution in [-0.2, 0) is 11.2 Å². The standard InChI is InChI=1S/C13H22N2OS/c1-9(8-10-6-5-7-17-10)15-12(16)11(14)13(2,3)4/h5-7,9,11H,8,14H2,1-4H3,(H,15,16). The number of rotatable bonds is 4. The fourth-order valence-corrected chi connectivity index (χ4v) is 2.34. The largest absolute Gasteiger partial charge is 0.352 e. The van der Waals surface area contributed by atoms with E-state index >= 15 is 0 Å². The van der Waals surface area contributed by atoms with Crippen LogP contribution in [-0.4, -0.2) is 18.0 Å². The van der Waals surface area contributed by atoms with Crippen molar-refractivity contribution < 1.29 is 4.79 Å². The minimum atomic E-state index is -0.465. The minimum absolute atomic E-state index is 0.0680. The third kappa shape index (κ3) is 4.48. The van der Waals surface area contributed by atoms with Crippen molar-refractivity contribution in [3.8, 4) is 0 Å². The van der Waals surface area contributed by atoms with Crippen molar-refractivity contribution in [3.63, 3.8) is 0 Å². The average Bonchev–Trinajstić information content (AvgIpc) is 2.67. The molecule has 0 fully saturated rings. The molecule has 3 N–H and O–H groups in total. The summed E-state index contributed by atoms with van der Waals surface area (Å²) >= 11 is 1.71. The molecule has 2 unspecified atom stereocenters. The SMILES string of the molecule is CC(Cc1cccs1)NC(=O)C(N)C(C)(C)C. The highest BCUT2D eigenvalue weighted by molar-refractivity contribution is 7.09. The summed E-state index contributed by atoms with van der Waals surface area (Å²) in [6.45, 7) is 7.93. The average molecular weight is 254 g/mol. The van der Waals surface area contributed by atoms with Gasteiger partial charge in [0.1, 0.15) is 0 Å².